The fraction of sp³-hybridized carbons (Fsp3) is 0.560. The number of aromatic nitrogens is 2. The topological polar surface area (TPSA) is 67.2 Å². The lowest BCUT2D eigenvalue weighted by molar-refractivity contribution is -0.135. The van der Waals surface area contributed by atoms with Gasteiger partial charge in [-0.15, -0.1) is 0 Å². The van der Waals surface area contributed by atoms with Crippen LogP contribution in [0.1, 0.15) is 72.1 Å². The first-order chi connectivity index (χ1) is 14.4. The fourth-order valence-corrected chi connectivity index (χ4v) is 3.82. The van der Waals surface area contributed by atoms with Gasteiger partial charge in [0.15, 0.2) is 0 Å². The molecule has 2 aromatic rings. The first-order valence-corrected chi connectivity index (χ1v) is 11.2. The second kappa shape index (κ2) is 8.48. The van der Waals surface area contributed by atoms with E-state index >= 15 is 0 Å². The summed E-state index contributed by atoms with van der Waals surface area (Å²) in [4.78, 5) is 27.5. The summed E-state index contributed by atoms with van der Waals surface area (Å²) in [5, 5.41) is 7.74. The average Bonchev–Trinajstić information content (AvgIpc) is 3.36. The number of hydrogen-bond acceptors (Lipinski definition) is 3. The highest BCUT2D eigenvalue weighted by atomic mass is 16.2. The molecule has 0 aliphatic heterocycles. The Morgan fingerprint density at radius 2 is 1.77 bits per heavy atom. The molecule has 1 heterocycles. The Balaban J connectivity index is 1.68. The quantitative estimate of drug-likeness (QED) is 0.741. The van der Waals surface area contributed by atoms with Crippen LogP contribution in [-0.4, -0.2) is 39.6 Å². The van der Waals surface area contributed by atoms with Crippen LogP contribution in [0.25, 0.3) is 0 Å². The zero-order chi connectivity index (χ0) is 23.0. The highest BCUT2D eigenvalue weighted by Gasteiger charge is 2.45. The van der Waals surface area contributed by atoms with Gasteiger partial charge in [0, 0.05) is 23.9 Å². The van der Waals surface area contributed by atoms with Crippen molar-refractivity contribution in [2.45, 2.75) is 71.8 Å². The van der Waals surface area contributed by atoms with E-state index in [2.05, 4.69) is 59.0 Å². The molecule has 0 saturated heterocycles. The van der Waals surface area contributed by atoms with Gasteiger partial charge in [-0.25, -0.2) is 4.68 Å². The molecule has 2 atom stereocenters. The number of carbonyl (C=O) groups excluding carboxylic acids is 2. The van der Waals surface area contributed by atoms with E-state index in [0.29, 0.717) is 12.4 Å². The summed E-state index contributed by atoms with van der Waals surface area (Å²) in [6.45, 7) is 15.0. The number of nitrogens with zero attached hydrogens (tertiary/aromatic N) is 3. The van der Waals surface area contributed by atoms with Crippen molar-refractivity contribution in [1.82, 2.24) is 14.7 Å². The van der Waals surface area contributed by atoms with Crippen LogP contribution in [0.5, 0.6) is 0 Å². The van der Waals surface area contributed by atoms with Gasteiger partial charge in [0.1, 0.15) is 5.82 Å². The Hall–Kier alpha value is -2.63. The molecule has 1 saturated carbocycles. The van der Waals surface area contributed by atoms with Crippen molar-refractivity contribution in [2.24, 2.45) is 5.92 Å². The number of carbonyl (C=O) groups is 2. The molecular weight excluding hydrogens is 388 g/mol. The van der Waals surface area contributed by atoms with Crippen molar-refractivity contribution in [2.75, 3.05) is 18.4 Å². The first kappa shape index (κ1) is 23.0. The summed E-state index contributed by atoms with van der Waals surface area (Å²) < 4.78 is 1.86. The van der Waals surface area contributed by atoms with Gasteiger partial charge >= 0.3 is 0 Å². The SMILES string of the molecule is CCN(CC(=O)Nc1cc(C(C)(C)C)nn1C(C)(C)C)C(=O)C1CC1c1ccccc1. The van der Waals surface area contributed by atoms with E-state index in [4.69, 9.17) is 5.10 Å². The summed E-state index contributed by atoms with van der Waals surface area (Å²) in [6.07, 6.45) is 0.854. The summed E-state index contributed by atoms with van der Waals surface area (Å²) in [7, 11) is 0. The molecule has 31 heavy (non-hydrogen) atoms. The number of nitrogens with one attached hydrogen (secondary N) is 1. The third-order valence-electron chi connectivity index (χ3n) is 5.74. The molecule has 6 heteroatoms. The van der Waals surface area contributed by atoms with E-state index in [0.717, 1.165) is 12.1 Å². The lowest BCUT2D eigenvalue weighted by Gasteiger charge is -2.24. The molecule has 6 nitrogen and oxygen atoms in total. The van der Waals surface area contributed by atoms with Crippen molar-refractivity contribution in [3.05, 3.63) is 47.7 Å². The molecule has 1 aliphatic rings. The van der Waals surface area contributed by atoms with Crippen molar-refractivity contribution < 1.29 is 9.59 Å². The Morgan fingerprint density at radius 3 is 2.32 bits per heavy atom. The summed E-state index contributed by atoms with van der Waals surface area (Å²) in [6, 6.07) is 12.1. The van der Waals surface area contributed by atoms with Gasteiger partial charge in [-0.3, -0.25) is 9.59 Å². The summed E-state index contributed by atoms with van der Waals surface area (Å²) in [5.74, 6) is 0.772. The van der Waals surface area contributed by atoms with E-state index in [-0.39, 0.29) is 41.1 Å². The van der Waals surface area contributed by atoms with Crippen LogP contribution in [0.3, 0.4) is 0 Å². The summed E-state index contributed by atoms with van der Waals surface area (Å²) >= 11 is 0. The third-order valence-corrected chi connectivity index (χ3v) is 5.74. The van der Waals surface area contributed by atoms with Crippen molar-refractivity contribution in [3.63, 3.8) is 0 Å². The van der Waals surface area contributed by atoms with Crippen molar-refractivity contribution >= 4 is 17.6 Å². The number of hydrogen-bond donors (Lipinski definition) is 1. The molecule has 1 aliphatic carbocycles. The van der Waals surface area contributed by atoms with Crippen LogP contribution < -0.4 is 5.32 Å². The molecule has 168 valence electrons. The molecule has 2 amide bonds. The largest absolute Gasteiger partial charge is 0.333 e. The molecular formula is C25H36N4O2. The number of amides is 2. The van der Waals surface area contributed by atoms with E-state index < -0.39 is 0 Å². The molecule has 1 aromatic heterocycles. The second-order valence-electron chi connectivity index (χ2n) is 10.5. The number of benzene rings is 1. The van der Waals surface area contributed by atoms with E-state index in [1.165, 1.54) is 5.56 Å². The minimum Gasteiger partial charge on any atom is -0.333 e. The standard InChI is InChI=1S/C25H36N4O2/c1-8-28(23(31)19-14-18(19)17-12-10-9-11-13-17)16-22(30)26-21-15-20(24(2,3)4)27-29(21)25(5,6)7/h9-13,15,18-19H,8,14,16H2,1-7H3,(H,26,30). The van der Waals surface area contributed by atoms with E-state index in [1.807, 2.05) is 35.9 Å². The lowest BCUT2D eigenvalue weighted by Crippen LogP contribution is -2.39. The Morgan fingerprint density at radius 1 is 1.13 bits per heavy atom. The van der Waals surface area contributed by atoms with Gasteiger partial charge in [0.25, 0.3) is 0 Å². The number of likely N-dealkylation sites (N-methyl/N-ethyl adjacent to an activating group) is 1. The molecule has 0 spiro atoms. The number of anilines is 1. The maximum atomic E-state index is 13.0. The first-order valence-electron chi connectivity index (χ1n) is 11.2. The summed E-state index contributed by atoms with van der Waals surface area (Å²) in [5.41, 5.74) is 1.72. The van der Waals surface area contributed by atoms with Crippen LogP contribution in [0.2, 0.25) is 0 Å². The normalized spacial score (nSPS) is 18.5. The van der Waals surface area contributed by atoms with Gasteiger partial charge in [0.05, 0.1) is 17.8 Å². The molecule has 3 rings (SSSR count). The molecule has 0 radical (unpaired) electrons. The van der Waals surface area contributed by atoms with Crippen molar-refractivity contribution in [1.29, 1.82) is 0 Å². The molecule has 1 N–H and O–H groups in total. The average molecular weight is 425 g/mol. The third kappa shape index (κ3) is 5.35. The monoisotopic (exact) mass is 424 g/mol. The number of rotatable bonds is 6. The Bertz CT molecular complexity index is 935. The lowest BCUT2D eigenvalue weighted by atomic mass is 9.92. The second-order valence-corrected chi connectivity index (χ2v) is 10.5. The fourth-order valence-electron chi connectivity index (χ4n) is 3.82. The van der Waals surface area contributed by atoms with Crippen LogP contribution in [-0.2, 0) is 20.5 Å². The van der Waals surface area contributed by atoms with Crippen LogP contribution in [0, 0.1) is 5.92 Å². The highest BCUT2D eigenvalue weighted by molar-refractivity contribution is 5.95. The van der Waals surface area contributed by atoms with Gasteiger partial charge < -0.3 is 10.2 Å². The van der Waals surface area contributed by atoms with Crippen LogP contribution in [0.4, 0.5) is 5.82 Å². The molecule has 2 unspecified atom stereocenters. The predicted octanol–water partition coefficient (Wildman–Crippen LogP) is 4.53. The smallest absolute Gasteiger partial charge is 0.245 e. The molecule has 1 fully saturated rings. The van der Waals surface area contributed by atoms with Gasteiger partial charge in [-0.05, 0) is 45.6 Å². The van der Waals surface area contributed by atoms with Crippen LogP contribution >= 0.6 is 0 Å². The maximum absolute atomic E-state index is 13.0. The Labute approximate surface area is 186 Å². The van der Waals surface area contributed by atoms with E-state index in [1.54, 1.807) is 4.90 Å². The minimum absolute atomic E-state index is 0.0252. The molecule has 1 aromatic carbocycles. The van der Waals surface area contributed by atoms with Crippen molar-refractivity contribution in [3.8, 4) is 0 Å². The van der Waals surface area contributed by atoms with Gasteiger partial charge in [-0.2, -0.15) is 5.10 Å². The predicted molar refractivity (Wildman–Crippen MR) is 124 cm³/mol. The van der Waals surface area contributed by atoms with Gasteiger partial charge in [0.2, 0.25) is 11.8 Å². The zero-order valence-corrected chi connectivity index (χ0v) is 19.9. The maximum Gasteiger partial charge on any atom is 0.245 e. The minimum atomic E-state index is -0.275. The van der Waals surface area contributed by atoms with E-state index in [9.17, 15) is 9.59 Å². The zero-order valence-electron chi connectivity index (χ0n) is 19.9. The van der Waals surface area contributed by atoms with Gasteiger partial charge in [-0.1, -0.05) is 51.1 Å². The highest BCUT2D eigenvalue weighted by Crippen LogP contribution is 2.48. The molecule has 0 bridgehead atoms. The Kier molecular flexibility index (Phi) is 6.30. The van der Waals surface area contributed by atoms with Crippen LogP contribution in [0.15, 0.2) is 36.4 Å².